The fourth-order valence-electron chi connectivity index (χ4n) is 1.88. The van der Waals surface area contributed by atoms with Crippen LogP contribution < -0.4 is 10.1 Å². The predicted octanol–water partition coefficient (Wildman–Crippen LogP) is 2.99. The number of hydrogen-bond acceptors (Lipinski definition) is 3. The summed E-state index contributed by atoms with van der Waals surface area (Å²) < 4.78 is 29.5. The van der Waals surface area contributed by atoms with Crippen molar-refractivity contribution in [2.75, 3.05) is 13.2 Å². The zero-order valence-electron chi connectivity index (χ0n) is 10.7. The lowest BCUT2D eigenvalue weighted by atomic mass is 10.1. The standard InChI is InChI=1S/C14H16F2N2O/c1-2-17-7-10-8-18-14(19-9-13(15)16)12-6-4-3-5-11(10)12/h3-6,8,13,17H,2,7,9H2,1H3. The summed E-state index contributed by atoms with van der Waals surface area (Å²) in [5.74, 6) is 0.260. The Morgan fingerprint density at radius 2 is 2.00 bits per heavy atom. The summed E-state index contributed by atoms with van der Waals surface area (Å²) in [5.41, 5.74) is 1.03. The fraction of sp³-hybridized carbons (Fsp3) is 0.357. The third-order valence-corrected chi connectivity index (χ3v) is 2.75. The third kappa shape index (κ3) is 3.38. The second kappa shape index (κ2) is 6.43. The molecule has 0 aliphatic rings. The van der Waals surface area contributed by atoms with Crippen LogP contribution in [0.25, 0.3) is 10.8 Å². The van der Waals surface area contributed by atoms with Gasteiger partial charge in [0.25, 0.3) is 6.43 Å². The van der Waals surface area contributed by atoms with Crippen LogP contribution in [0.3, 0.4) is 0 Å². The molecule has 0 saturated carbocycles. The number of fused-ring (bicyclic) bond motifs is 1. The highest BCUT2D eigenvalue weighted by atomic mass is 19.3. The Balaban J connectivity index is 2.34. The number of hydrogen-bond donors (Lipinski definition) is 1. The molecule has 2 aromatic rings. The van der Waals surface area contributed by atoms with Crippen LogP contribution in [0.4, 0.5) is 8.78 Å². The van der Waals surface area contributed by atoms with Crippen LogP contribution in [0.5, 0.6) is 5.88 Å². The van der Waals surface area contributed by atoms with E-state index in [1.165, 1.54) is 0 Å². The monoisotopic (exact) mass is 266 g/mol. The van der Waals surface area contributed by atoms with E-state index in [2.05, 4.69) is 10.3 Å². The van der Waals surface area contributed by atoms with Crippen LogP contribution >= 0.6 is 0 Å². The Kier molecular flexibility index (Phi) is 4.63. The fourth-order valence-corrected chi connectivity index (χ4v) is 1.88. The van der Waals surface area contributed by atoms with Gasteiger partial charge in [-0.3, -0.25) is 0 Å². The number of alkyl halides is 2. The minimum absolute atomic E-state index is 0.260. The minimum Gasteiger partial charge on any atom is -0.471 e. The van der Waals surface area contributed by atoms with Gasteiger partial charge >= 0.3 is 0 Å². The van der Waals surface area contributed by atoms with E-state index in [0.717, 1.165) is 22.9 Å². The van der Waals surface area contributed by atoms with Crippen molar-refractivity contribution in [2.24, 2.45) is 0 Å². The summed E-state index contributed by atoms with van der Waals surface area (Å²) in [4.78, 5) is 4.14. The maximum Gasteiger partial charge on any atom is 0.272 e. The number of pyridine rings is 1. The second-order valence-electron chi connectivity index (χ2n) is 4.12. The topological polar surface area (TPSA) is 34.2 Å². The van der Waals surface area contributed by atoms with Crippen LogP contribution in [0.15, 0.2) is 30.5 Å². The molecule has 1 N–H and O–H groups in total. The van der Waals surface area contributed by atoms with Gasteiger partial charge in [-0.25, -0.2) is 13.8 Å². The molecule has 3 nitrogen and oxygen atoms in total. The molecule has 0 aliphatic carbocycles. The zero-order valence-corrected chi connectivity index (χ0v) is 10.7. The molecule has 0 amide bonds. The maximum absolute atomic E-state index is 12.2. The Hall–Kier alpha value is -1.75. The van der Waals surface area contributed by atoms with Crippen molar-refractivity contribution < 1.29 is 13.5 Å². The van der Waals surface area contributed by atoms with Crippen molar-refractivity contribution in [1.82, 2.24) is 10.3 Å². The van der Waals surface area contributed by atoms with Crippen molar-refractivity contribution >= 4 is 10.8 Å². The van der Waals surface area contributed by atoms with Gasteiger partial charge in [0.15, 0.2) is 6.61 Å². The van der Waals surface area contributed by atoms with E-state index < -0.39 is 13.0 Å². The molecule has 0 fully saturated rings. The van der Waals surface area contributed by atoms with Gasteiger partial charge < -0.3 is 10.1 Å². The highest BCUT2D eigenvalue weighted by Gasteiger charge is 2.10. The first-order valence-corrected chi connectivity index (χ1v) is 6.20. The van der Waals surface area contributed by atoms with Gasteiger partial charge in [0.1, 0.15) is 0 Å². The van der Waals surface area contributed by atoms with Crippen LogP contribution in [0, 0.1) is 0 Å². The summed E-state index contributed by atoms with van der Waals surface area (Å²) in [5, 5.41) is 4.96. The Morgan fingerprint density at radius 1 is 1.26 bits per heavy atom. The lowest BCUT2D eigenvalue weighted by Crippen LogP contribution is -2.13. The largest absolute Gasteiger partial charge is 0.471 e. The van der Waals surface area contributed by atoms with Crippen molar-refractivity contribution in [3.05, 3.63) is 36.0 Å². The Morgan fingerprint density at radius 3 is 2.68 bits per heavy atom. The minimum atomic E-state index is -2.50. The summed E-state index contributed by atoms with van der Waals surface area (Å²) in [7, 11) is 0. The van der Waals surface area contributed by atoms with E-state index in [1.54, 1.807) is 6.20 Å². The maximum atomic E-state index is 12.2. The summed E-state index contributed by atoms with van der Waals surface area (Å²) in [6, 6.07) is 7.53. The van der Waals surface area contributed by atoms with E-state index >= 15 is 0 Å². The summed E-state index contributed by atoms with van der Waals surface area (Å²) >= 11 is 0. The molecular formula is C14H16F2N2O. The first-order valence-electron chi connectivity index (χ1n) is 6.20. The smallest absolute Gasteiger partial charge is 0.272 e. The lowest BCUT2D eigenvalue weighted by molar-refractivity contribution is 0.0804. The van der Waals surface area contributed by atoms with Gasteiger partial charge in [0.2, 0.25) is 5.88 Å². The zero-order chi connectivity index (χ0) is 13.7. The van der Waals surface area contributed by atoms with Crippen molar-refractivity contribution in [3.8, 4) is 5.88 Å². The molecule has 0 saturated heterocycles. The number of benzene rings is 1. The SMILES string of the molecule is CCNCc1cnc(OCC(F)F)c2ccccc12. The molecule has 0 radical (unpaired) electrons. The molecule has 0 bridgehead atoms. The Labute approximate surface area is 110 Å². The summed E-state index contributed by atoms with van der Waals surface area (Å²) in [6.07, 6.45) is -0.826. The van der Waals surface area contributed by atoms with Gasteiger partial charge in [-0.05, 0) is 23.6 Å². The quantitative estimate of drug-likeness (QED) is 0.872. The molecule has 0 aliphatic heterocycles. The summed E-state index contributed by atoms with van der Waals surface area (Å²) in [6.45, 7) is 2.94. The highest BCUT2D eigenvalue weighted by molar-refractivity contribution is 5.89. The van der Waals surface area contributed by atoms with Gasteiger partial charge in [-0.1, -0.05) is 25.1 Å². The average molecular weight is 266 g/mol. The molecular weight excluding hydrogens is 250 g/mol. The molecule has 1 heterocycles. The number of aromatic nitrogens is 1. The normalized spacial score (nSPS) is 11.2. The number of ether oxygens (including phenoxy) is 1. The van der Waals surface area contributed by atoms with Gasteiger partial charge in [-0.2, -0.15) is 0 Å². The van der Waals surface area contributed by atoms with E-state index in [0.29, 0.717) is 6.54 Å². The molecule has 5 heteroatoms. The highest BCUT2D eigenvalue weighted by Crippen LogP contribution is 2.26. The van der Waals surface area contributed by atoms with Crippen molar-refractivity contribution in [1.29, 1.82) is 0 Å². The number of nitrogens with one attached hydrogen (secondary N) is 1. The van der Waals surface area contributed by atoms with Gasteiger partial charge in [0.05, 0.1) is 0 Å². The molecule has 1 aromatic carbocycles. The molecule has 0 unspecified atom stereocenters. The van der Waals surface area contributed by atoms with Gasteiger partial charge in [-0.15, -0.1) is 0 Å². The first-order chi connectivity index (χ1) is 9.22. The number of rotatable bonds is 6. The number of halogens is 2. The van der Waals surface area contributed by atoms with E-state index in [1.807, 2.05) is 31.2 Å². The van der Waals surface area contributed by atoms with Crippen LogP contribution in [-0.4, -0.2) is 24.6 Å². The van der Waals surface area contributed by atoms with Crippen LogP contribution in [-0.2, 0) is 6.54 Å². The van der Waals surface area contributed by atoms with Crippen LogP contribution in [0.1, 0.15) is 12.5 Å². The molecule has 0 spiro atoms. The van der Waals surface area contributed by atoms with Crippen molar-refractivity contribution in [2.45, 2.75) is 19.9 Å². The van der Waals surface area contributed by atoms with Crippen LogP contribution in [0.2, 0.25) is 0 Å². The molecule has 1 aromatic heterocycles. The second-order valence-corrected chi connectivity index (χ2v) is 4.12. The van der Waals surface area contributed by atoms with E-state index in [9.17, 15) is 8.78 Å². The average Bonchev–Trinajstić information content (AvgIpc) is 2.43. The Bertz CT molecular complexity index is 546. The molecule has 19 heavy (non-hydrogen) atoms. The molecule has 102 valence electrons. The molecule has 0 atom stereocenters. The first kappa shape index (κ1) is 13.7. The van der Waals surface area contributed by atoms with Crippen molar-refractivity contribution in [3.63, 3.8) is 0 Å². The molecule has 2 rings (SSSR count). The lowest BCUT2D eigenvalue weighted by Gasteiger charge is -2.11. The third-order valence-electron chi connectivity index (χ3n) is 2.75. The predicted molar refractivity (Wildman–Crippen MR) is 70.6 cm³/mol. The van der Waals surface area contributed by atoms with E-state index in [-0.39, 0.29) is 5.88 Å². The van der Waals surface area contributed by atoms with Gasteiger partial charge in [0, 0.05) is 18.1 Å². The number of nitrogens with zero attached hydrogens (tertiary/aromatic N) is 1. The van der Waals surface area contributed by atoms with E-state index in [4.69, 9.17) is 4.74 Å².